The van der Waals surface area contributed by atoms with E-state index in [0.717, 1.165) is 12.0 Å². The lowest BCUT2D eigenvalue weighted by molar-refractivity contribution is -0.137. The third kappa shape index (κ3) is 4.13. The van der Waals surface area contributed by atoms with Gasteiger partial charge in [0.15, 0.2) is 0 Å². The maximum Gasteiger partial charge on any atom is 0.330 e. The molecule has 4 heteroatoms. The summed E-state index contributed by atoms with van der Waals surface area (Å²) in [5.74, 6) is 1.02. The predicted molar refractivity (Wildman–Crippen MR) is 69.8 cm³/mol. The highest BCUT2D eigenvalue weighted by Gasteiger charge is 2.03. The van der Waals surface area contributed by atoms with Crippen LogP contribution in [0.4, 0.5) is 0 Å². The summed E-state index contributed by atoms with van der Waals surface area (Å²) < 4.78 is 15.3. The van der Waals surface area contributed by atoms with Gasteiger partial charge in [0.1, 0.15) is 11.5 Å². The average molecular weight is 250 g/mol. The number of rotatable bonds is 6. The van der Waals surface area contributed by atoms with Crippen LogP contribution in [0.2, 0.25) is 0 Å². The van der Waals surface area contributed by atoms with Crippen molar-refractivity contribution in [2.75, 3.05) is 20.8 Å². The summed E-state index contributed by atoms with van der Waals surface area (Å²) in [5.41, 5.74) is 0.769. The first-order chi connectivity index (χ1) is 8.71. The molecule has 1 aromatic carbocycles. The van der Waals surface area contributed by atoms with Crippen molar-refractivity contribution in [2.45, 2.75) is 13.3 Å². The molecule has 0 aliphatic heterocycles. The average Bonchev–Trinajstić information content (AvgIpc) is 2.42. The molecule has 0 radical (unpaired) electrons. The van der Waals surface area contributed by atoms with Crippen molar-refractivity contribution in [1.29, 1.82) is 0 Å². The van der Waals surface area contributed by atoms with Crippen LogP contribution in [0.25, 0.3) is 6.08 Å². The van der Waals surface area contributed by atoms with E-state index < -0.39 is 0 Å². The van der Waals surface area contributed by atoms with E-state index in [1.54, 1.807) is 38.5 Å². The first-order valence-corrected chi connectivity index (χ1v) is 5.78. The predicted octanol–water partition coefficient (Wildman–Crippen LogP) is 2.67. The normalized spacial score (nSPS) is 10.4. The Balaban J connectivity index is 2.81. The molecule has 18 heavy (non-hydrogen) atoms. The Morgan fingerprint density at radius 2 is 2.06 bits per heavy atom. The number of carbonyl (C=O) groups is 1. The van der Waals surface area contributed by atoms with Crippen LogP contribution in [0, 0.1) is 0 Å². The Labute approximate surface area is 107 Å². The smallest absolute Gasteiger partial charge is 0.330 e. The van der Waals surface area contributed by atoms with Crippen molar-refractivity contribution in [3.8, 4) is 11.5 Å². The van der Waals surface area contributed by atoms with Crippen LogP contribution in [0.1, 0.15) is 18.9 Å². The van der Waals surface area contributed by atoms with Gasteiger partial charge in [-0.15, -0.1) is 0 Å². The quantitative estimate of drug-likeness (QED) is 0.575. The molecule has 0 saturated carbocycles. The maximum absolute atomic E-state index is 11.3. The van der Waals surface area contributed by atoms with Gasteiger partial charge in [0.25, 0.3) is 0 Å². The Morgan fingerprint density at radius 1 is 1.28 bits per heavy atom. The van der Waals surface area contributed by atoms with Gasteiger partial charge in [-0.25, -0.2) is 4.79 Å². The Kier molecular flexibility index (Phi) is 5.77. The molecule has 0 spiro atoms. The number of esters is 1. The van der Waals surface area contributed by atoms with Gasteiger partial charge in [0.05, 0.1) is 20.8 Å². The summed E-state index contributed by atoms with van der Waals surface area (Å²) in [6.07, 6.45) is 3.84. The molecule has 0 atom stereocenters. The highest BCUT2D eigenvalue weighted by molar-refractivity contribution is 5.87. The zero-order valence-corrected chi connectivity index (χ0v) is 10.9. The van der Waals surface area contributed by atoms with Crippen LogP contribution in [-0.2, 0) is 9.53 Å². The van der Waals surface area contributed by atoms with Gasteiger partial charge in [-0.2, -0.15) is 0 Å². The van der Waals surface area contributed by atoms with Gasteiger partial charge in [-0.3, -0.25) is 0 Å². The van der Waals surface area contributed by atoms with Crippen LogP contribution in [0.15, 0.2) is 24.3 Å². The molecule has 0 aliphatic carbocycles. The highest BCUT2D eigenvalue weighted by Crippen LogP contribution is 2.24. The van der Waals surface area contributed by atoms with Crippen molar-refractivity contribution >= 4 is 12.0 Å². The zero-order chi connectivity index (χ0) is 13.4. The molecule has 0 saturated heterocycles. The van der Waals surface area contributed by atoms with Crippen LogP contribution < -0.4 is 9.47 Å². The summed E-state index contributed by atoms with van der Waals surface area (Å²) in [5, 5.41) is 0. The van der Waals surface area contributed by atoms with E-state index in [0.29, 0.717) is 18.1 Å². The molecule has 0 aromatic heterocycles. The zero-order valence-electron chi connectivity index (χ0n) is 10.9. The number of benzene rings is 1. The van der Waals surface area contributed by atoms with E-state index in [1.165, 1.54) is 6.08 Å². The number of hydrogen-bond donors (Lipinski definition) is 0. The third-order valence-electron chi connectivity index (χ3n) is 2.28. The molecule has 0 N–H and O–H groups in total. The molecule has 0 bridgehead atoms. The Morgan fingerprint density at radius 3 is 2.67 bits per heavy atom. The number of methoxy groups -OCH3 is 2. The summed E-state index contributed by atoms with van der Waals surface area (Å²) >= 11 is 0. The standard InChI is InChI=1S/C14H18O4/c1-4-9-18-14(15)8-5-11-10-12(16-2)6-7-13(11)17-3/h5-8,10H,4,9H2,1-3H3/b8-5+. The summed E-state index contributed by atoms with van der Waals surface area (Å²) in [4.78, 5) is 11.3. The fourth-order valence-electron chi connectivity index (χ4n) is 1.38. The summed E-state index contributed by atoms with van der Waals surface area (Å²) in [7, 11) is 3.17. The maximum atomic E-state index is 11.3. The minimum atomic E-state index is -0.360. The van der Waals surface area contributed by atoms with Gasteiger partial charge >= 0.3 is 5.97 Å². The van der Waals surface area contributed by atoms with Gasteiger partial charge in [0, 0.05) is 11.6 Å². The van der Waals surface area contributed by atoms with E-state index in [2.05, 4.69) is 0 Å². The second kappa shape index (κ2) is 7.37. The van der Waals surface area contributed by atoms with E-state index in [-0.39, 0.29) is 5.97 Å². The SMILES string of the molecule is CCCOC(=O)/C=C/c1cc(OC)ccc1OC. The second-order valence-corrected chi connectivity index (χ2v) is 3.61. The minimum Gasteiger partial charge on any atom is -0.497 e. The van der Waals surface area contributed by atoms with Crippen LogP contribution in [-0.4, -0.2) is 26.8 Å². The lowest BCUT2D eigenvalue weighted by atomic mass is 10.1. The first-order valence-electron chi connectivity index (χ1n) is 5.78. The van der Waals surface area contributed by atoms with Gasteiger partial charge < -0.3 is 14.2 Å². The van der Waals surface area contributed by atoms with Crippen LogP contribution in [0.5, 0.6) is 11.5 Å². The summed E-state index contributed by atoms with van der Waals surface area (Å²) in [6, 6.07) is 5.38. The number of ether oxygens (including phenoxy) is 3. The summed E-state index contributed by atoms with van der Waals surface area (Å²) in [6.45, 7) is 2.38. The lowest BCUT2D eigenvalue weighted by Crippen LogP contribution is -2.00. The Hall–Kier alpha value is -1.97. The van der Waals surface area contributed by atoms with E-state index in [4.69, 9.17) is 14.2 Å². The van der Waals surface area contributed by atoms with E-state index >= 15 is 0 Å². The van der Waals surface area contributed by atoms with E-state index in [9.17, 15) is 4.79 Å². The molecule has 0 aliphatic rings. The van der Waals surface area contributed by atoms with Crippen molar-refractivity contribution in [2.24, 2.45) is 0 Å². The molecule has 0 fully saturated rings. The van der Waals surface area contributed by atoms with Crippen LogP contribution in [0.3, 0.4) is 0 Å². The monoisotopic (exact) mass is 250 g/mol. The van der Waals surface area contributed by atoms with Crippen molar-refractivity contribution in [1.82, 2.24) is 0 Å². The lowest BCUT2D eigenvalue weighted by Gasteiger charge is -2.07. The molecular weight excluding hydrogens is 232 g/mol. The molecule has 4 nitrogen and oxygen atoms in total. The van der Waals surface area contributed by atoms with Crippen molar-refractivity contribution in [3.05, 3.63) is 29.8 Å². The molecule has 98 valence electrons. The third-order valence-corrected chi connectivity index (χ3v) is 2.28. The first kappa shape index (κ1) is 14.1. The molecule has 1 rings (SSSR count). The molecule has 0 amide bonds. The minimum absolute atomic E-state index is 0.360. The highest BCUT2D eigenvalue weighted by atomic mass is 16.5. The van der Waals surface area contributed by atoms with Crippen molar-refractivity contribution in [3.63, 3.8) is 0 Å². The second-order valence-electron chi connectivity index (χ2n) is 3.61. The van der Waals surface area contributed by atoms with E-state index in [1.807, 2.05) is 6.92 Å². The largest absolute Gasteiger partial charge is 0.497 e. The fraction of sp³-hybridized carbons (Fsp3) is 0.357. The van der Waals surface area contributed by atoms with Gasteiger partial charge in [0.2, 0.25) is 0 Å². The fourth-order valence-corrected chi connectivity index (χ4v) is 1.38. The number of hydrogen-bond acceptors (Lipinski definition) is 4. The molecule has 0 heterocycles. The van der Waals surface area contributed by atoms with Gasteiger partial charge in [-0.05, 0) is 30.7 Å². The number of carbonyl (C=O) groups excluding carboxylic acids is 1. The molecule has 0 unspecified atom stereocenters. The van der Waals surface area contributed by atoms with Crippen LogP contribution >= 0.6 is 0 Å². The molecular formula is C14H18O4. The van der Waals surface area contributed by atoms with Crippen molar-refractivity contribution < 1.29 is 19.0 Å². The topological polar surface area (TPSA) is 44.8 Å². The van der Waals surface area contributed by atoms with Gasteiger partial charge in [-0.1, -0.05) is 6.92 Å². The molecule has 1 aromatic rings. The Bertz CT molecular complexity index is 424.